The van der Waals surface area contributed by atoms with Crippen molar-refractivity contribution in [1.29, 1.82) is 0 Å². The first-order valence-corrected chi connectivity index (χ1v) is 9.10. The van der Waals surface area contributed by atoms with Gasteiger partial charge < -0.3 is 14.4 Å². The Morgan fingerprint density at radius 1 is 0.958 bits per heavy atom. The van der Waals surface area contributed by atoms with Gasteiger partial charge in [-0.3, -0.25) is 14.6 Å². The van der Waals surface area contributed by atoms with Gasteiger partial charge >= 0.3 is 0 Å². The molecular weight excluding hydrogens is 306 g/mol. The Labute approximate surface area is 143 Å². The third kappa shape index (κ3) is 4.59. The summed E-state index contributed by atoms with van der Waals surface area (Å²) in [5.74, 6) is 0.856. The molecule has 0 spiro atoms. The highest BCUT2D eigenvalue weighted by atomic mass is 16.4. The van der Waals surface area contributed by atoms with E-state index in [-0.39, 0.29) is 11.2 Å². The molecule has 0 saturated carbocycles. The van der Waals surface area contributed by atoms with Gasteiger partial charge in [-0.15, -0.1) is 0 Å². The molecule has 1 aromatic heterocycles. The smallest absolute Gasteiger partial charge is 0.227 e. The fourth-order valence-corrected chi connectivity index (χ4v) is 3.50. The van der Waals surface area contributed by atoms with Crippen molar-refractivity contribution in [2.45, 2.75) is 38.8 Å². The van der Waals surface area contributed by atoms with Crippen molar-refractivity contribution in [3.63, 3.8) is 0 Å². The maximum Gasteiger partial charge on any atom is 0.227 e. The fourth-order valence-electron chi connectivity index (χ4n) is 3.50. The maximum absolute atomic E-state index is 12.1. The average Bonchev–Trinajstić information content (AvgIpc) is 2.83. The van der Waals surface area contributed by atoms with E-state index in [1.165, 1.54) is 31.7 Å². The molecule has 0 aromatic carbocycles. The van der Waals surface area contributed by atoms with Gasteiger partial charge in [0, 0.05) is 32.2 Å². The predicted octanol–water partition coefficient (Wildman–Crippen LogP) is 1.47. The van der Waals surface area contributed by atoms with E-state index < -0.39 is 0 Å². The minimum Gasteiger partial charge on any atom is -0.502 e. The van der Waals surface area contributed by atoms with Crippen molar-refractivity contribution in [1.82, 2.24) is 14.7 Å². The summed E-state index contributed by atoms with van der Waals surface area (Å²) in [6, 6.07) is 1.45. The highest BCUT2D eigenvalue weighted by Gasteiger charge is 2.20. The third-order valence-corrected chi connectivity index (χ3v) is 5.09. The van der Waals surface area contributed by atoms with Gasteiger partial charge in [0.1, 0.15) is 5.76 Å². The molecule has 0 radical (unpaired) electrons. The molecule has 134 valence electrons. The molecule has 2 aliphatic heterocycles. The van der Waals surface area contributed by atoms with Crippen molar-refractivity contribution in [2.24, 2.45) is 0 Å². The lowest BCUT2D eigenvalue weighted by molar-refractivity contribution is 0.135. The summed E-state index contributed by atoms with van der Waals surface area (Å²) in [7, 11) is 2.11. The number of aromatic hydroxyl groups is 1. The van der Waals surface area contributed by atoms with Crippen molar-refractivity contribution in [3.05, 3.63) is 27.8 Å². The summed E-state index contributed by atoms with van der Waals surface area (Å²) < 4.78 is 5.92. The van der Waals surface area contributed by atoms with Crippen LogP contribution in [0.25, 0.3) is 0 Å². The summed E-state index contributed by atoms with van der Waals surface area (Å²) in [5, 5.41) is 10.1. The second-order valence-electron chi connectivity index (χ2n) is 7.12. The number of likely N-dealkylation sites (N-methyl/N-ethyl adjacent to an activating group) is 1. The van der Waals surface area contributed by atoms with Crippen molar-refractivity contribution < 1.29 is 9.52 Å². The zero-order chi connectivity index (χ0) is 16.9. The lowest BCUT2D eigenvalue weighted by atomic mass is 10.2. The SMILES string of the molecule is CN1CCN(Cc2oc(CN3CCCCCC3)cc(=O)c2O)CC1. The lowest BCUT2D eigenvalue weighted by Crippen LogP contribution is -2.44. The van der Waals surface area contributed by atoms with Crippen LogP contribution >= 0.6 is 0 Å². The number of piperazine rings is 1. The van der Waals surface area contributed by atoms with Crippen LogP contribution in [0.1, 0.15) is 37.2 Å². The Morgan fingerprint density at radius 3 is 2.25 bits per heavy atom. The van der Waals surface area contributed by atoms with E-state index in [1.807, 2.05) is 0 Å². The molecule has 0 atom stereocenters. The number of nitrogens with zero attached hydrogens (tertiary/aromatic N) is 3. The standard InChI is InChI=1S/C18H29N3O3/c1-19-8-10-21(11-9-19)14-17-18(23)16(22)12-15(24-17)13-20-6-4-2-3-5-7-20/h12,23H,2-11,13-14H2,1H3. The van der Waals surface area contributed by atoms with Gasteiger partial charge in [-0.2, -0.15) is 0 Å². The number of hydrogen-bond acceptors (Lipinski definition) is 6. The van der Waals surface area contributed by atoms with E-state index in [1.54, 1.807) is 0 Å². The largest absolute Gasteiger partial charge is 0.502 e. The molecule has 1 aromatic rings. The first kappa shape index (κ1) is 17.5. The Morgan fingerprint density at radius 2 is 1.58 bits per heavy atom. The molecule has 0 unspecified atom stereocenters. The molecule has 3 heterocycles. The fraction of sp³-hybridized carbons (Fsp3) is 0.722. The Hall–Kier alpha value is -1.37. The summed E-state index contributed by atoms with van der Waals surface area (Å²) in [4.78, 5) is 19.0. The van der Waals surface area contributed by atoms with Gasteiger partial charge in [0.05, 0.1) is 13.1 Å². The molecule has 6 heteroatoms. The van der Waals surface area contributed by atoms with Crippen LogP contribution in [0.2, 0.25) is 0 Å². The molecule has 24 heavy (non-hydrogen) atoms. The van der Waals surface area contributed by atoms with E-state index in [0.29, 0.717) is 24.6 Å². The van der Waals surface area contributed by atoms with E-state index in [0.717, 1.165) is 39.3 Å². The second-order valence-corrected chi connectivity index (χ2v) is 7.12. The molecule has 1 N–H and O–H groups in total. The summed E-state index contributed by atoms with van der Waals surface area (Å²) in [5.41, 5.74) is -0.324. The molecule has 3 rings (SSSR count). The average molecular weight is 335 g/mol. The quantitative estimate of drug-likeness (QED) is 0.899. The molecule has 0 amide bonds. The molecule has 6 nitrogen and oxygen atoms in total. The molecular formula is C18H29N3O3. The Bertz CT molecular complexity index is 586. The lowest BCUT2D eigenvalue weighted by Gasteiger charge is -2.32. The molecule has 2 saturated heterocycles. The zero-order valence-electron chi connectivity index (χ0n) is 14.7. The van der Waals surface area contributed by atoms with Crippen molar-refractivity contribution >= 4 is 0 Å². The first-order chi connectivity index (χ1) is 11.6. The maximum atomic E-state index is 12.1. The molecule has 0 aliphatic carbocycles. The van der Waals surface area contributed by atoms with E-state index in [9.17, 15) is 9.90 Å². The zero-order valence-corrected chi connectivity index (χ0v) is 14.7. The topological polar surface area (TPSA) is 60.2 Å². The van der Waals surface area contributed by atoms with Crippen LogP contribution < -0.4 is 5.43 Å². The number of hydrogen-bond donors (Lipinski definition) is 1. The minimum atomic E-state index is -0.324. The van der Waals surface area contributed by atoms with Gasteiger partial charge in [-0.05, 0) is 33.0 Å². The highest BCUT2D eigenvalue weighted by molar-refractivity contribution is 5.25. The molecule has 2 fully saturated rings. The summed E-state index contributed by atoms with van der Waals surface area (Å²) in [6.45, 7) is 7.12. The van der Waals surface area contributed by atoms with Crippen LogP contribution in [0, 0.1) is 0 Å². The Kier molecular flexibility index (Phi) is 5.92. The van der Waals surface area contributed by atoms with Crippen LogP contribution in [0.5, 0.6) is 5.75 Å². The van der Waals surface area contributed by atoms with Crippen LogP contribution in [0.15, 0.2) is 15.3 Å². The monoisotopic (exact) mass is 335 g/mol. The minimum absolute atomic E-state index is 0.228. The van der Waals surface area contributed by atoms with Crippen LogP contribution in [0.4, 0.5) is 0 Å². The van der Waals surface area contributed by atoms with Crippen molar-refractivity contribution in [2.75, 3.05) is 46.3 Å². The van der Waals surface area contributed by atoms with Crippen LogP contribution in [-0.2, 0) is 13.1 Å². The van der Waals surface area contributed by atoms with Gasteiger partial charge in [0.15, 0.2) is 5.76 Å². The van der Waals surface area contributed by atoms with Crippen LogP contribution in [-0.4, -0.2) is 66.1 Å². The van der Waals surface area contributed by atoms with Crippen LogP contribution in [0.3, 0.4) is 0 Å². The van der Waals surface area contributed by atoms with Gasteiger partial charge in [0.25, 0.3) is 0 Å². The highest BCUT2D eigenvalue weighted by Crippen LogP contribution is 2.19. The van der Waals surface area contributed by atoms with Crippen molar-refractivity contribution in [3.8, 4) is 5.75 Å². The van der Waals surface area contributed by atoms with E-state index >= 15 is 0 Å². The third-order valence-electron chi connectivity index (χ3n) is 5.09. The summed E-state index contributed by atoms with van der Waals surface area (Å²) in [6.07, 6.45) is 4.97. The van der Waals surface area contributed by atoms with E-state index in [2.05, 4.69) is 21.7 Å². The van der Waals surface area contributed by atoms with Gasteiger partial charge in [-0.25, -0.2) is 0 Å². The normalized spacial score (nSPS) is 21.7. The second kappa shape index (κ2) is 8.14. The number of likely N-dealkylation sites (tertiary alicyclic amines) is 1. The summed E-state index contributed by atoms with van der Waals surface area (Å²) >= 11 is 0. The number of rotatable bonds is 4. The predicted molar refractivity (Wildman–Crippen MR) is 93.2 cm³/mol. The van der Waals surface area contributed by atoms with Gasteiger partial charge in [0.2, 0.25) is 11.2 Å². The molecule has 0 bridgehead atoms. The first-order valence-electron chi connectivity index (χ1n) is 9.10. The van der Waals surface area contributed by atoms with E-state index in [4.69, 9.17) is 4.42 Å². The Balaban J connectivity index is 1.69. The van der Waals surface area contributed by atoms with Gasteiger partial charge in [-0.1, -0.05) is 12.8 Å². The molecule has 2 aliphatic rings.